The van der Waals surface area contributed by atoms with E-state index in [-0.39, 0.29) is 23.4 Å². The van der Waals surface area contributed by atoms with Crippen LogP contribution in [0.3, 0.4) is 0 Å². The van der Waals surface area contributed by atoms with Crippen LogP contribution < -0.4 is 11.0 Å². The summed E-state index contributed by atoms with van der Waals surface area (Å²) in [5.74, 6) is -0.207. The summed E-state index contributed by atoms with van der Waals surface area (Å²) in [5.41, 5.74) is 2.27. The van der Waals surface area contributed by atoms with Crippen molar-refractivity contribution in [2.24, 2.45) is 0 Å². The van der Waals surface area contributed by atoms with Gasteiger partial charge in [0.2, 0.25) is 5.88 Å². The zero-order chi connectivity index (χ0) is 18.3. The summed E-state index contributed by atoms with van der Waals surface area (Å²) in [6.45, 7) is 0.145. The van der Waals surface area contributed by atoms with Crippen molar-refractivity contribution < 1.29 is 5.11 Å². The first-order chi connectivity index (χ1) is 12.5. The summed E-state index contributed by atoms with van der Waals surface area (Å²) in [7, 11) is 0. The Balaban J connectivity index is 1.88. The van der Waals surface area contributed by atoms with Gasteiger partial charge in [-0.25, -0.2) is 0 Å². The smallest absolute Gasteiger partial charge is 0.278 e. The molecule has 0 aliphatic heterocycles. The minimum absolute atomic E-state index is 0.145. The van der Waals surface area contributed by atoms with Crippen molar-refractivity contribution in [2.45, 2.75) is 6.54 Å². The zero-order valence-electron chi connectivity index (χ0n) is 13.3. The Hall–Kier alpha value is -2.90. The highest BCUT2D eigenvalue weighted by molar-refractivity contribution is 7.13. The average Bonchev–Trinajstić information content (AvgIpc) is 3.13. The van der Waals surface area contributed by atoms with Crippen molar-refractivity contribution in [2.75, 3.05) is 0 Å². The van der Waals surface area contributed by atoms with Crippen LogP contribution in [0.25, 0.3) is 16.0 Å². The van der Waals surface area contributed by atoms with Gasteiger partial charge in [-0.15, -0.1) is 11.3 Å². The van der Waals surface area contributed by atoms with Gasteiger partial charge in [-0.05, 0) is 17.7 Å². The van der Waals surface area contributed by atoms with Gasteiger partial charge in [-0.3, -0.25) is 19.1 Å². The van der Waals surface area contributed by atoms with Gasteiger partial charge >= 0.3 is 0 Å². The molecule has 6 nitrogen and oxygen atoms in total. The fraction of sp³-hybridized carbons (Fsp3) is 0.0556. The average molecular weight is 386 g/mol. The summed E-state index contributed by atoms with van der Waals surface area (Å²) in [6.07, 6.45) is 4.54. The van der Waals surface area contributed by atoms with E-state index in [0.717, 1.165) is 5.56 Å². The molecule has 1 aromatic carbocycles. The van der Waals surface area contributed by atoms with Crippen molar-refractivity contribution in [3.05, 3.63) is 85.6 Å². The fourth-order valence-corrected chi connectivity index (χ4v) is 3.62. The molecule has 0 spiro atoms. The number of thiazole rings is 1. The number of aromatic nitrogens is 3. The summed E-state index contributed by atoms with van der Waals surface area (Å²) in [6, 6.07) is 8.31. The molecule has 0 saturated heterocycles. The number of benzene rings is 1. The van der Waals surface area contributed by atoms with E-state index in [2.05, 4.69) is 4.98 Å². The molecule has 0 fully saturated rings. The SMILES string of the molecule is O=c1cc2c(=O)n(Cc3cccc(Cl)c3)c(O)cn2cc1-c1cncs1. The molecule has 8 heteroatoms. The lowest BCUT2D eigenvalue weighted by molar-refractivity contribution is 0.411. The maximum Gasteiger partial charge on any atom is 0.278 e. The molecule has 1 N–H and O–H groups in total. The number of hydrogen-bond donors (Lipinski definition) is 1. The minimum atomic E-state index is -0.460. The van der Waals surface area contributed by atoms with Crippen LogP contribution in [0.15, 0.2) is 64.0 Å². The number of halogens is 1. The molecule has 0 bridgehead atoms. The highest BCUT2D eigenvalue weighted by Gasteiger charge is 2.13. The maximum atomic E-state index is 12.8. The first-order valence-electron chi connectivity index (χ1n) is 7.65. The van der Waals surface area contributed by atoms with E-state index in [1.54, 1.807) is 36.0 Å². The molecule has 26 heavy (non-hydrogen) atoms. The Morgan fingerprint density at radius 1 is 1.19 bits per heavy atom. The zero-order valence-corrected chi connectivity index (χ0v) is 14.9. The van der Waals surface area contributed by atoms with Crippen molar-refractivity contribution >= 4 is 28.5 Å². The van der Waals surface area contributed by atoms with E-state index in [1.807, 2.05) is 0 Å². The van der Waals surface area contributed by atoms with Crippen LogP contribution in [0.2, 0.25) is 5.02 Å². The van der Waals surface area contributed by atoms with Gasteiger partial charge in [0.15, 0.2) is 5.43 Å². The Morgan fingerprint density at radius 3 is 2.77 bits per heavy atom. The predicted octanol–water partition coefficient (Wildman–Crippen LogP) is 2.99. The predicted molar refractivity (Wildman–Crippen MR) is 101 cm³/mol. The Morgan fingerprint density at radius 2 is 2.04 bits per heavy atom. The maximum absolute atomic E-state index is 12.8. The lowest BCUT2D eigenvalue weighted by atomic mass is 10.2. The number of aromatic hydroxyl groups is 1. The molecule has 0 saturated carbocycles. The van der Waals surface area contributed by atoms with Crippen LogP contribution >= 0.6 is 22.9 Å². The minimum Gasteiger partial charge on any atom is -0.493 e. The van der Waals surface area contributed by atoms with Gasteiger partial charge in [0.05, 0.1) is 28.7 Å². The largest absolute Gasteiger partial charge is 0.493 e. The second-order valence-electron chi connectivity index (χ2n) is 5.72. The third-order valence-electron chi connectivity index (χ3n) is 4.00. The standard InChI is InChI=1S/C18H12ClN3O3S/c19-12-3-1-2-11(4-12)7-22-17(24)9-21-8-13(16-6-20-10-26-16)15(23)5-14(21)18(22)25/h1-6,8-10,24H,7H2. The van der Waals surface area contributed by atoms with Gasteiger partial charge in [0.1, 0.15) is 5.52 Å². The molecule has 0 radical (unpaired) electrons. The number of rotatable bonds is 3. The summed E-state index contributed by atoms with van der Waals surface area (Å²) >= 11 is 7.30. The number of pyridine rings is 1. The summed E-state index contributed by atoms with van der Waals surface area (Å²) in [5, 5.41) is 10.9. The normalized spacial score (nSPS) is 11.1. The van der Waals surface area contributed by atoms with E-state index in [4.69, 9.17) is 11.6 Å². The highest BCUT2D eigenvalue weighted by atomic mass is 35.5. The lowest BCUT2D eigenvalue weighted by Crippen LogP contribution is -2.24. The molecule has 3 aromatic heterocycles. The molecule has 4 aromatic rings. The monoisotopic (exact) mass is 385 g/mol. The fourth-order valence-electron chi connectivity index (χ4n) is 2.77. The van der Waals surface area contributed by atoms with Crippen LogP contribution in [0.1, 0.15) is 5.56 Å². The topological polar surface area (TPSA) is 76.6 Å². The molecule has 0 aliphatic rings. The molecular weight excluding hydrogens is 374 g/mol. The first kappa shape index (κ1) is 16.6. The van der Waals surface area contributed by atoms with E-state index >= 15 is 0 Å². The Bertz CT molecular complexity index is 1230. The molecule has 0 amide bonds. The van der Waals surface area contributed by atoms with Crippen molar-refractivity contribution in [1.29, 1.82) is 0 Å². The lowest BCUT2D eigenvalue weighted by Gasteiger charge is -2.12. The Kier molecular flexibility index (Phi) is 4.10. The summed E-state index contributed by atoms with van der Waals surface area (Å²) in [4.78, 5) is 29.9. The molecular formula is C18H12ClN3O3S. The van der Waals surface area contributed by atoms with E-state index in [1.165, 1.54) is 38.8 Å². The van der Waals surface area contributed by atoms with Crippen molar-refractivity contribution in [3.8, 4) is 16.3 Å². The highest BCUT2D eigenvalue weighted by Crippen LogP contribution is 2.21. The van der Waals surface area contributed by atoms with Crippen LogP contribution in [0, 0.1) is 0 Å². The third kappa shape index (κ3) is 2.91. The van der Waals surface area contributed by atoms with Crippen molar-refractivity contribution in [3.63, 3.8) is 0 Å². The van der Waals surface area contributed by atoms with Crippen LogP contribution in [0.4, 0.5) is 0 Å². The Labute approximate surface area is 156 Å². The molecule has 0 unspecified atom stereocenters. The number of hydrogen-bond acceptors (Lipinski definition) is 5. The third-order valence-corrected chi connectivity index (χ3v) is 5.04. The number of nitrogens with zero attached hydrogens (tertiary/aromatic N) is 3. The van der Waals surface area contributed by atoms with E-state index < -0.39 is 5.56 Å². The second kappa shape index (κ2) is 6.44. The van der Waals surface area contributed by atoms with E-state index in [9.17, 15) is 14.7 Å². The molecule has 130 valence electrons. The van der Waals surface area contributed by atoms with E-state index in [0.29, 0.717) is 15.5 Å². The molecule has 4 rings (SSSR count). The number of fused-ring (bicyclic) bond motifs is 1. The first-order valence-corrected chi connectivity index (χ1v) is 8.91. The molecule has 3 heterocycles. The molecule has 0 aliphatic carbocycles. The van der Waals surface area contributed by atoms with Gasteiger partial charge in [0.25, 0.3) is 5.56 Å². The summed E-state index contributed by atoms with van der Waals surface area (Å²) < 4.78 is 2.66. The van der Waals surface area contributed by atoms with Gasteiger partial charge < -0.3 is 9.51 Å². The van der Waals surface area contributed by atoms with Crippen LogP contribution in [0.5, 0.6) is 5.88 Å². The van der Waals surface area contributed by atoms with Crippen LogP contribution in [-0.4, -0.2) is 19.1 Å². The van der Waals surface area contributed by atoms with Gasteiger partial charge in [0, 0.05) is 23.5 Å². The second-order valence-corrected chi connectivity index (χ2v) is 7.04. The van der Waals surface area contributed by atoms with Crippen LogP contribution in [-0.2, 0) is 6.54 Å². The van der Waals surface area contributed by atoms with Crippen molar-refractivity contribution in [1.82, 2.24) is 14.0 Å². The van der Waals surface area contributed by atoms with Gasteiger partial charge in [-0.1, -0.05) is 23.7 Å². The quantitative estimate of drug-likeness (QED) is 0.588. The van der Waals surface area contributed by atoms with Gasteiger partial charge in [-0.2, -0.15) is 0 Å². The molecule has 0 atom stereocenters.